The van der Waals surface area contributed by atoms with Crippen molar-refractivity contribution in [1.29, 1.82) is 5.26 Å². The van der Waals surface area contributed by atoms with Gasteiger partial charge in [-0.1, -0.05) is 0 Å². The molecule has 0 saturated heterocycles. The lowest BCUT2D eigenvalue weighted by molar-refractivity contribution is 1.47. The maximum absolute atomic E-state index is 8.97. The molecule has 0 saturated carbocycles. The largest absolute Gasteiger partial charge is 0.192 e. The van der Waals surface area contributed by atoms with Gasteiger partial charge < -0.3 is 0 Å². The van der Waals surface area contributed by atoms with E-state index in [1.165, 1.54) is 4.70 Å². The summed E-state index contributed by atoms with van der Waals surface area (Å²) in [7, 11) is 0. The molecule has 1 aromatic heterocycles. The molecular weight excluding hydrogens is 278 g/mol. The van der Waals surface area contributed by atoms with Crippen LogP contribution in [-0.4, -0.2) is 6.26 Å². The molecule has 4 heteroatoms. The Bertz CT molecular complexity index is 525. The summed E-state index contributed by atoms with van der Waals surface area (Å²) in [4.78, 5) is 1.15. The zero-order chi connectivity index (χ0) is 10.1. The Morgan fingerprint density at radius 2 is 2.29 bits per heavy atom. The molecule has 0 bridgehead atoms. The number of benzene rings is 1. The molecule has 0 spiro atoms. The van der Waals surface area contributed by atoms with E-state index in [2.05, 4.69) is 22.0 Å². The molecule has 2 rings (SSSR count). The van der Waals surface area contributed by atoms with Crippen LogP contribution in [0.5, 0.6) is 0 Å². The second-order valence-electron chi connectivity index (χ2n) is 2.71. The summed E-state index contributed by atoms with van der Waals surface area (Å²) in [6.07, 6.45) is 2.03. The minimum Gasteiger partial charge on any atom is -0.192 e. The smallest absolute Gasteiger partial charge is 0.101 e. The Morgan fingerprint density at radius 3 is 2.93 bits per heavy atom. The van der Waals surface area contributed by atoms with Crippen LogP contribution in [-0.2, 0) is 0 Å². The van der Waals surface area contributed by atoms with Crippen LogP contribution in [0.4, 0.5) is 0 Å². The molecule has 0 fully saturated rings. The average molecular weight is 284 g/mol. The number of hydrogen-bond donors (Lipinski definition) is 0. The van der Waals surface area contributed by atoms with Crippen molar-refractivity contribution in [3.05, 3.63) is 27.5 Å². The van der Waals surface area contributed by atoms with E-state index in [-0.39, 0.29) is 0 Å². The fourth-order valence-electron chi connectivity index (χ4n) is 1.36. The average Bonchev–Trinajstić information content (AvgIpc) is 2.61. The van der Waals surface area contributed by atoms with Crippen molar-refractivity contribution < 1.29 is 0 Å². The number of halogens is 1. The van der Waals surface area contributed by atoms with Crippen LogP contribution >= 0.6 is 39.0 Å². The van der Waals surface area contributed by atoms with Crippen LogP contribution in [0.3, 0.4) is 0 Å². The Labute approximate surface area is 98.9 Å². The van der Waals surface area contributed by atoms with Crippen LogP contribution in [0.25, 0.3) is 10.1 Å². The van der Waals surface area contributed by atoms with Gasteiger partial charge >= 0.3 is 0 Å². The van der Waals surface area contributed by atoms with Crippen molar-refractivity contribution in [2.45, 2.75) is 4.90 Å². The summed E-state index contributed by atoms with van der Waals surface area (Å²) in [5, 5.41) is 12.0. The number of hydrogen-bond acceptors (Lipinski definition) is 3. The molecule has 1 nitrogen and oxygen atoms in total. The highest BCUT2D eigenvalue weighted by Crippen LogP contribution is 2.38. The zero-order valence-corrected chi connectivity index (χ0v) is 10.6. The fourth-order valence-corrected chi connectivity index (χ4v) is 3.82. The van der Waals surface area contributed by atoms with Crippen molar-refractivity contribution in [2.24, 2.45) is 0 Å². The Morgan fingerprint density at radius 1 is 1.50 bits per heavy atom. The number of rotatable bonds is 1. The van der Waals surface area contributed by atoms with Gasteiger partial charge in [-0.15, -0.1) is 23.1 Å². The van der Waals surface area contributed by atoms with E-state index in [4.69, 9.17) is 5.26 Å². The molecule has 0 aliphatic heterocycles. The molecule has 0 aliphatic carbocycles. The summed E-state index contributed by atoms with van der Waals surface area (Å²) < 4.78 is 2.24. The molecule has 1 aromatic carbocycles. The highest BCUT2D eigenvalue weighted by atomic mass is 79.9. The molecule has 1 heterocycles. The van der Waals surface area contributed by atoms with Gasteiger partial charge in [-0.25, -0.2) is 0 Å². The molecule has 0 unspecified atom stereocenters. The first kappa shape index (κ1) is 10.0. The van der Waals surface area contributed by atoms with E-state index in [1.807, 2.05) is 23.8 Å². The molecule has 0 N–H and O–H groups in total. The molecule has 2 aromatic rings. The zero-order valence-electron chi connectivity index (χ0n) is 7.37. The Balaban J connectivity index is 2.90. The number of thiophene rings is 1. The number of thioether (sulfide) groups is 1. The van der Waals surface area contributed by atoms with Gasteiger partial charge in [0.25, 0.3) is 0 Å². The predicted octanol–water partition coefficient (Wildman–Crippen LogP) is 4.26. The Kier molecular flexibility index (Phi) is 2.82. The summed E-state index contributed by atoms with van der Waals surface area (Å²) in [5.74, 6) is 0. The van der Waals surface area contributed by atoms with Crippen LogP contribution in [0.1, 0.15) is 5.56 Å². The van der Waals surface area contributed by atoms with Crippen molar-refractivity contribution in [1.82, 2.24) is 0 Å². The van der Waals surface area contributed by atoms with Crippen LogP contribution in [0.15, 0.2) is 26.9 Å². The van der Waals surface area contributed by atoms with Gasteiger partial charge in [0.15, 0.2) is 0 Å². The lowest BCUT2D eigenvalue weighted by atomic mass is 10.2. The molecular formula is C10H6BrNS2. The highest BCUT2D eigenvalue weighted by molar-refractivity contribution is 9.10. The third-order valence-corrected chi connectivity index (χ3v) is 4.67. The first-order valence-electron chi connectivity index (χ1n) is 3.91. The van der Waals surface area contributed by atoms with Crippen molar-refractivity contribution in [3.63, 3.8) is 0 Å². The van der Waals surface area contributed by atoms with Gasteiger partial charge in [-0.2, -0.15) is 5.26 Å². The second kappa shape index (κ2) is 3.93. The van der Waals surface area contributed by atoms with E-state index >= 15 is 0 Å². The number of nitrogens with zero attached hydrogens (tertiary/aromatic N) is 1. The molecule has 0 atom stereocenters. The van der Waals surface area contributed by atoms with E-state index < -0.39 is 0 Å². The maximum Gasteiger partial charge on any atom is 0.101 e. The van der Waals surface area contributed by atoms with E-state index in [0.29, 0.717) is 0 Å². The van der Waals surface area contributed by atoms with Gasteiger partial charge in [0.1, 0.15) is 6.07 Å². The molecule has 0 amide bonds. The maximum atomic E-state index is 8.97. The standard InChI is InChI=1S/C10H6BrNS2/c1-13-10-7(11)2-3-8-9(10)6(4-12)5-14-8/h2-3,5H,1H3. The summed E-state index contributed by atoms with van der Waals surface area (Å²) in [6.45, 7) is 0. The van der Waals surface area contributed by atoms with Gasteiger partial charge in [0.2, 0.25) is 0 Å². The topological polar surface area (TPSA) is 23.8 Å². The third kappa shape index (κ3) is 1.46. The number of nitriles is 1. The van der Waals surface area contributed by atoms with Gasteiger partial charge in [0.05, 0.1) is 5.56 Å². The third-order valence-electron chi connectivity index (χ3n) is 1.97. The molecule has 14 heavy (non-hydrogen) atoms. The predicted molar refractivity (Wildman–Crippen MR) is 66.0 cm³/mol. The van der Waals surface area contributed by atoms with E-state index in [9.17, 15) is 0 Å². The molecule has 0 aliphatic rings. The lowest BCUT2D eigenvalue weighted by Gasteiger charge is -2.02. The van der Waals surface area contributed by atoms with Gasteiger partial charge in [-0.3, -0.25) is 0 Å². The van der Waals surface area contributed by atoms with Crippen LogP contribution < -0.4 is 0 Å². The molecule has 0 radical (unpaired) electrons. The van der Waals surface area contributed by atoms with Crippen molar-refractivity contribution >= 4 is 49.1 Å². The minimum atomic E-state index is 0.774. The van der Waals surface area contributed by atoms with Crippen LogP contribution in [0, 0.1) is 11.3 Å². The monoisotopic (exact) mass is 283 g/mol. The van der Waals surface area contributed by atoms with E-state index in [1.54, 1.807) is 23.1 Å². The highest BCUT2D eigenvalue weighted by Gasteiger charge is 2.10. The van der Waals surface area contributed by atoms with Crippen LogP contribution in [0.2, 0.25) is 0 Å². The lowest BCUT2D eigenvalue weighted by Crippen LogP contribution is -1.77. The SMILES string of the molecule is CSc1c(Br)ccc2scc(C#N)c12. The van der Waals surface area contributed by atoms with E-state index in [0.717, 1.165) is 20.3 Å². The summed E-state index contributed by atoms with van der Waals surface area (Å²) in [6, 6.07) is 6.31. The van der Waals surface area contributed by atoms with Crippen molar-refractivity contribution in [2.75, 3.05) is 6.26 Å². The van der Waals surface area contributed by atoms with Crippen molar-refractivity contribution in [3.8, 4) is 6.07 Å². The Hall–Kier alpha value is -0.500. The quantitative estimate of drug-likeness (QED) is 0.731. The first-order chi connectivity index (χ1) is 6.77. The normalized spacial score (nSPS) is 10.4. The van der Waals surface area contributed by atoms with Gasteiger partial charge in [-0.05, 0) is 34.3 Å². The summed E-state index contributed by atoms with van der Waals surface area (Å²) >= 11 is 6.79. The first-order valence-corrected chi connectivity index (χ1v) is 6.81. The fraction of sp³-hybridized carbons (Fsp3) is 0.100. The second-order valence-corrected chi connectivity index (χ2v) is 5.30. The van der Waals surface area contributed by atoms with Gasteiger partial charge in [0, 0.05) is 24.8 Å². The number of fused-ring (bicyclic) bond motifs is 1. The summed E-state index contributed by atoms with van der Waals surface area (Å²) in [5.41, 5.74) is 0.774. The molecule has 70 valence electrons. The minimum absolute atomic E-state index is 0.774.